The standard InChI is InChI=1S/C7H8FN3O3S/c8-5-2-1-3-6(4-5)15(13,14)11-10-7(9)12/h1-4,11H,(H3,9,10,12). The van der Waals surface area contributed by atoms with E-state index in [2.05, 4.69) is 5.73 Å². The second kappa shape index (κ2) is 4.24. The van der Waals surface area contributed by atoms with E-state index in [0.29, 0.717) is 0 Å². The number of benzene rings is 1. The molecule has 0 aliphatic carbocycles. The number of carbonyl (C=O) groups is 1. The molecule has 1 rings (SSSR count). The van der Waals surface area contributed by atoms with Crippen molar-refractivity contribution >= 4 is 16.1 Å². The smallest absolute Gasteiger partial charge is 0.327 e. The zero-order chi connectivity index (χ0) is 11.5. The molecule has 0 spiro atoms. The highest BCUT2D eigenvalue weighted by molar-refractivity contribution is 7.89. The lowest BCUT2D eigenvalue weighted by Crippen LogP contribution is -2.44. The fourth-order valence-corrected chi connectivity index (χ4v) is 1.69. The Bertz CT molecular complexity index is 474. The van der Waals surface area contributed by atoms with Crippen molar-refractivity contribution in [2.24, 2.45) is 5.73 Å². The largest absolute Gasteiger partial charge is 0.351 e. The Morgan fingerprint density at radius 2 is 2.07 bits per heavy atom. The number of halogens is 1. The highest BCUT2D eigenvalue weighted by atomic mass is 32.2. The number of hydrogen-bond acceptors (Lipinski definition) is 3. The lowest BCUT2D eigenvalue weighted by molar-refractivity contribution is 0.247. The minimum absolute atomic E-state index is 0.309. The van der Waals surface area contributed by atoms with Gasteiger partial charge in [0.25, 0.3) is 10.0 Å². The molecule has 0 radical (unpaired) electrons. The molecule has 0 saturated heterocycles. The van der Waals surface area contributed by atoms with Crippen LogP contribution in [0.25, 0.3) is 0 Å². The molecular weight excluding hydrogens is 225 g/mol. The first kappa shape index (κ1) is 11.4. The van der Waals surface area contributed by atoms with Gasteiger partial charge in [0.2, 0.25) is 0 Å². The number of sulfonamides is 1. The molecule has 15 heavy (non-hydrogen) atoms. The summed E-state index contributed by atoms with van der Waals surface area (Å²) < 4.78 is 35.4. The van der Waals surface area contributed by atoms with Crippen LogP contribution in [0.4, 0.5) is 9.18 Å². The summed E-state index contributed by atoms with van der Waals surface area (Å²) in [6.07, 6.45) is 0. The molecule has 1 aromatic rings. The summed E-state index contributed by atoms with van der Waals surface area (Å²) >= 11 is 0. The van der Waals surface area contributed by atoms with E-state index in [9.17, 15) is 17.6 Å². The molecule has 1 aromatic carbocycles. The quantitative estimate of drug-likeness (QED) is 0.624. The summed E-state index contributed by atoms with van der Waals surface area (Å²) in [5, 5.41) is 0. The van der Waals surface area contributed by atoms with Crippen LogP contribution in [0.2, 0.25) is 0 Å². The summed E-state index contributed by atoms with van der Waals surface area (Å²) in [4.78, 5) is 11.6. The van der Waals surface area contributed by atoms with E-state index >= 15 is 0 Å². The Morgan fingerprint density at radius 3 is 2.60 bits per heavy atom. The molecule has 2 amide bonds. The van der Waals surface area contributed by atoms with Gasteiger partial charge in [-0.1, -0.05) is 6.07 Å². The first-order chi connectivity index (χ1) is 6.92. The van der Waals surface area contributed by atoms with Crippen LogP contribution < -0.4 is 16.0 Å². The maximum Gasteiger partial charge on any atom is 0.327 e. The first-order valence-corrected chi connectivity index (χ1v) is 5.23. The molecular formula is C7H8FN3O3S. The van der Waals surface area contributed by atoms with Gasteiger partial charge in [0.1, 0.15) is 5.82 Å². The van der Waals surface area contributed by atoms with E-state index in [4.69, 9.17) is 0 Å². The molecule has 0 aliphatic heterocycles. The van der Waals surface area contributed by atoms with Crippen LogP contribution in [-0.2, 0) is 10.0 Å². The zero-order valence-electron chi connectivity index (χ0n) is 7.40. The van der Waals surface area contributed by atoms with E-state index in [1.54, 1.807) is 10.3 Å². The van der Waals surface area contributed by atoms with Gasteiger partial charge in [-0.15, -0.1) is 4.83 Å². The van der Waals surface area contributed by atoms with E-state index in [1.165, 1.54) is 12.1 Å². The Labute approximate surface area is 85.3 Å². The summed E-state index contributed by atoms with van der Waals surface area (Å²) in [7, 11) is -3.98. The SMILES string of the molecule is NC(=O)NNS(=O)(=O)c1cccc(F)c1. The monoisotopic (exact) mass is 233 g/mol. The van der Waals surface area contributed by atoms with Gasteiger partial charge in [-0.05, 0) is 18.2 Å². The average molecular weight is 233 g/mol. The van der Waals surface area contributed by atoms with Gasteiger partial charge in [-0.2, -0.15) is 0 Å². The Hall–Kier alpha value is -1.67. The fourth-order valence-electron chi connectivity index (χ4n) is 0.811. The minimum Gasteiger partial charge on any atom is -0.351 e. The van der Waals surface area contributed by atoms with E-state index in [0.717, 1.165) is 12.1 Å². The van der Waals surface area contributed by atoms with Crippen LogP contribution >= 0.6 is 0 Å². The Balaban J connectivity index is 2.91. The van der Waals surface area contributed by atoms with Gasteiger partial charge in [-0.3, -0.25) is 5.43 Å². The fraction of sp³-hybridized carbons (Fsp3) is 0. The van der Waals surface area contributed by atoms with Gasteiger partial charge in [-0.25, -0.2) is 17.6 Å². The summed E-state index contributed by atoms with van der Waals surface area (Å²) in [6.45, 7) is 0. The summed E-state index contributed by atoms with van der Waals surface area (Å²) in [5.41, 5.74) is 6.34. The van der Waals surface area contributed by atoms with Crippen LogP contribution in [-0.4, -0.2) is 14.4 Å². The van der Waals surface area contributed by atoms with Gasteiger partial charge in [0.15, 0.2) is 0 Å². The molecule has 0 aromatic heterocycles. The summed E-state index contributed by atoms with van der Waals surface area (Å²) in [6, 6.07) is 3.25. The lowest BCUT2D eigenvalue weighted by Gasteiger charge is -2.05. The number of hydrazine groups is 1. The number of primary amides is 1. The average Bonchev–Trinajstić information content (AvgIpc) is 2.15. The maximum atomic E-state index is 12.7. The number of nitrogens with one attached hydrogen (secondary N) is 2. The van der Waals surface area contributed by atoms with Crippen molar-refractivity contribution in [2.75, 3.05) is 0 Å². The Kier molecular flexibility index (Phi) is 3.22. The molecule has 0 heterocycles. The number of nitrogens with two attached hydrogens (primary N) is 1. The van der Waals surface area contributed by atoms with Gasteiger partial charge in [0, 0.05) is 0 Å². The van der Waals surface area contributed by atoms with Crippen LogP contribution in [0.1, 0.15) is 0 Å². The second-order valence-electron chi connectivity index (χ2n) is 2.55. The first-order valence-electron chi connectivity index (χ1n) is 3.74. The number of amides is 2. The highest BCUT2D eigenvalue weighted by Crippen LogP contribution is 2.09. The molecule has 6 nitrogen and oxygen atoms in total. The molecule has 0 fully saturated rings. The van der Waals surface area contributed by atoms with E-state index < -0.39 is 21.9 Å². The highest BCUT2D eigenvalue weighted by Gasteiger charge is 2.14. The number of hydrogen-bond donors (Lipinski definition) is 3. The molecule has 82 valence electrons. The van der Waals surface area contributed by atoms with Crippen LogP contribution in [0.5, 0.6) is 0 Å². The number of rotatable bonds is 3. The normalized spacial score (nSPS) is 11.0. The maximum absolute atomic E-state index is 12.7. The van der Waals surface area contributed by atoms with Crippen molar-refractivity contribution in [3.63, 3.8) is 0 Å². The molecule has 8 heteroatoms. The van der Waals surface area contributed by atoms with Crippen molar-refractivity contribution in [1.82, 2.24) is 10.3 Å². The number of urea groups is 1. The van der Waals surface area contributed by atoms with Gasteiger partial charge in [0.05, 0.1) is 4.90 Å². The third-order valence-corrected chi connectivity index (χ3v) is 2.66. The molecule has 0 bridgehead atoms. The van der Waals surface area contributed by atoms with Crippen LogP contribution in [0.3, 0.4) is 0 Å². The van der Waals surface area contributed by atoms with Crippen molar-refractivity contribution < 1.29 is 17.6 Å². The zero-order valence-corrected chi connectivity index (χ0v) is 8.21. The predicted molar refractivity (Wildman–Crippen MR) is 49.4 cm³/mol. The van der Waals surface area contributed by atoms with Crippen molar-refractivity contribution in [3.8, 4) is 0 Å². The third-order valence-electron chi connectivity index (χ3n) is 1.41. The predicted octanol–water partition coefficient (Wildman–Crippen LogP) is -0.313. The minimum atomic E-state index is -3.98. The molecule has 4 N–H and O–H groups in total. The molecule has 0 aliphatic rings. The van der Waals surface area contributed by atoms with Crippen molar-refractivity contribution in [2.45, 2.75) is 4.90 Å². The number of carbonyl (C=O) groups excluding carboxylic acids is 1. The van der Waals surface area contributed by atoms with Gasteiger partial charge >= 0.3 is 6.03 Å². The third kappa shape index (κ3) is 3.18. The Morgan fingerprint density at radius 1 is 1.40 bits per heavy atom. The van der Waals surface area contributed by atoms with Crippen molar-refractivity contribution in [1.29, 1.82) is 0 Å². The lowest BCUT2D eigenvalue weighted by atomic mass is 10.4. The topological polar surface area (TPSA) is 101 Å². The van der Waals surface area contributed by atoms with Gasteiger partial charge < -0.3 is 5.73 Å². The molecule has 0 saturated carbocycles. The molecule has 0 atom stereocenters. The van der Waals surface area contributed by atoms with E-state index in [-0.39, 0.29) is 4.90 Å². The van der Waals surface area contributed by atoms with Crippen LogP contribution in [0.15, 0.2) is 29.2 Å². The summed E-state index contributed by atoms with van der Waals surface area (Å²) in [5.74, 6) is -0.697. The van der Waals surface area contributed by atoms with E-state index in [1.807, 2.05) is 0 Å². The molecule has 0 unspecified atom stereocenters. The van der Waals surface area contributed by atoms with Crippen molar-refractivity contribution in [3.05, 3.63) is 30.1 Å². The van der Waals surface area contributed by atoms with Crippen LogP contribution in [0, 0.1) is 5.82 Å². The second-order valence-corrected chi connectivity index (χ2v) is 4.23.